The molecule has 1 aliphatic carbocycles. The molecule has 184 valence electrons. The molecular weight excluding hydrogens is 455 g/mol. The van der Waals surface area contributed by atoms with Crippen LogP contribution >= 0.6 is 0 Å². The highest BCUT2D eigenvalue weighted by molar-refractivity contribution is 5.95. The van der Waals surface area contributed by atoms with Gasteiger partial charge in [-0.2, -0.15) is 5.10 Å². The van der Waals surface area contributed by atoms with E-state index in [-0.39, 0.29) is 5.56 Å². The Morgan fingerprint density at radius 3 is 2.58 bits per heavy atom. The van der Waals surface area contributed by atoms with Gasteiger partial charge in [-0.1, -0.05) is 54.6 Å². The quantitative estimate of drug-likeness (QED) is 0.421. The fourth-order valence-corrected chi connectivity index (χ4v) is 4.98. The summed E-state index contributed by atoms with van der Waals surface area (Å²) in [5.74, 6) is -0.146. The van der Waals surface area contributed by atoms with E-state index >= 15 is 0 Å². The lowest BCUT2D eigenvalue weighted by atomic mass is 10.0. The molecule has 36 heavy (non-hydrogen) atoms. The molecule has 7 heteroatoms. The fourth-order valence-electron chi connectivity index (χ4n) is 4.98. The van der Waals surface area contributed by atoms with E-state index in [1.165, 1.54) is 12.1 Å². The molecule has 0 bridgehead atoms. The van der Waals surface area contributed by atoms with Crippen LogP contribution in [0.4, 0.5) is 10.2 Å². The van der Waals surface area contributed by atoms with Gasteiger partial charge in [0.15, 0.2) is 0 Å². The van der Waals surface area contributed by atoms with Crippen LogP contribution in [-0.4, -0.2) is 33.9 Å². The molecule has 1 aromatic heterocycles. The number of aromatic nitrogens is 2. The van der Waals surface area contributed by atoms with Gasteiger partial charge < -0.3 is 15.3 Å². The number of rotatable bonds is 6. The van der Waals surface area contributed by atoms with Gasteiger partial charge in [-0.05, 0) is 46.9 Å². The first-order chi connectivity index (χ1) is 17.3. The van der Waals surface area contributed by atoms with Crippen molar-refractivity contribution >= 4 is 11.7 Å². The number of fused-ring (bicyclic) bond motifs is 1. The first kappa shape index (κ1) is 23.8. The number of benzene rings is 3. The van der Waals surface area contributed by atoms with Gasteiger partial charge >= 0.3 is 0 Å². The summed E-state index contributed by atoms with van der Waals surface area (Å²) in [6.07, 6.45) is -0.337. The number of nitrogens with zero attached hydrogens (tertiary/aromatic N) is 3. The minimum absolute atomic E-state index is 0.0437. The number of nitrogens with one attached hydrogen (secondary N) is 1. The third kappa shape index (κ3) is 4.62. The highest BCUT2D eigenvalue weighted by atomic mass is 19.1. The van der Waals surface area contributed by atoms with Crippen LogP contribution in [0.15, 0.2) is 72.8 Å². The normalized spacial score (nSPS) is 16.6. The van der Waals surface area contributed by atoms with Crippen molar-refractivity contribution in [2.24, 2.45) is 7.05 Å². The van der Waals surface area contributed by atoms with Crippen LogP contribution in [0.25, 0.3) is 11.1 Å². The Morgan fingerprint density at radius 2 is 1.89 bits per heavy atom. The molecule has 1 amide bonds. The topological polar surface area (TPSA) is 70.4 Å². The summed E-state index contributed by atoms with van der Waals surface area (Å²) in [6.45, 7) is 2.60. The molecule has 2 atom stereocenters. The Balaban J connectivity index is 1.34. The molecule has 1 aliphatic rings. The van der Waals surface area contributed by atoms with Gasteiger partial charge in [0.05, 0.1) is 23.4 Å². The van der Waals surface area contributed by atoms with E-state index in [0.717, 1.165) is 33.8 Å². The van der Waals surface area contributed by atoms with Crippen LogP contribution in [-0.2, 0) is 20.0 Å². The lowest BCUT2D eigenvalue weighted by molar-refractivity contribution is 0.0854. The number of hydrogen-bond acceptors (Lipinski definition) is 4. The Hall–Kier alpha value is -3.97. The van der Waals surface area contributed by atoms with Gasteiger partial charge in [0.2, 0.25) is 0 Å². The van der Waals surface area contributed by atoms with Gasteiger partial charge in [0.1, 0.15) is 11.6 Å². The average molecular weight is 485 g/mol. The lowest BCUT2D eigenvalue weighted by Crippen LogP contribution is -2.34. The number of hydrogen-bond donors (Lipinski definition) is 2. The molecule has 0 unspecified atom stereocenters. The molecule has 0 saturated heterocycles. The molecule has 1 heterocycles. The van der Waals surface area contributed by atoms with Crippen LogP contribution < -0.4 is 10.2 Å². The van der Waals surface area contributed by atoms with Crippen molar-refractivity contribution in [1.82, 2.24) is 15.1 Å². The van der Waals surface area contributed by atoms with Crippen molar-refractivity contribution in [2.75, 3.05) is 11.9 Å². The Labute approximate surface area is 210 Å². The standard InChI is InChI=1S/C29H29FN4O2/c1-18-13-27(34(3)32-18)33(2)17-19-9-10-22-16-26(35)28(24(22)14-19)31-29(36)23-12-11-21(15-25(23)30)20-7-5-4-6-8-20/h4-15,26,28,35H,16-17H2,1-3H3,(H,31,36)/t26-,28-/m1/s1. The minimum Gasteiger partial charge on any atom is -0.390 e. The second-order valence-electron chi connectivity index (χ2n) is 9.44. The maximum Gasteiger partial charge on any atom is 0.254 e. The van der Waals surface area contributed by atoms with Gasteiger partial charge in [0.25, 0.3) is 5.91 Å². The lowest BCUT2D eigenvalue weighted by Gasteiger charge is -2.21. The summed E-state index contributed by atoms with van der Waals surface area (Å²) in [5, 5.41) is 18.0. The summed E-state index contributed by atoms with van der Waals surface area (Å²) in [5.41, 5.74) is 5.37. The number of carbonyl (C=O) groups is 1. The van der Waals surface area contributed by atoms with E-state index in [9.17, 15) is 14.3 Å². The van der Waals surface area contributed by atoms with Crippen molar-refractivity contribution in [1.29, 1.82) is 0 Å². The molecule has 3 aromatic carbocycles. The zero-order valence-corrected chi connectivity index (χ0v) is 20.6. The fraction of sp³-hybridized carbons (Fsp3) is 0.241. The number of aliphatic hydroxyl groups excluding tert-OH is 1. The van der Waals surface area contributed by atoms with E-state index in [1.54, 1.807) is 6.07 Å². The summed E-state index contributed by atoms with van der Waals surface area (Å²) in [4.78, 5) is 15.1. The van der Waals surface area contributed by atoms with Crippen molar-refractivity contribution in [3.8, 4) is 11.1 Å². The van der Waals surface area contributed by atoms with Crippen LogP contribution in [0.1, 0.15) is 38.8 Å². The molecule has 6 nitrogen and oxygen atoms in total. The molecule has 5 rings (SSSR count). The second-order valence-corrected chi connectivity index (χ2v) is 9.44. The summed E-state index contributed by atoms with van der Waals surface area (Å²) in [7, 11) is 3.91. The molecule has 0 radical (unpaired) electrons. The molecule has 0 saturated carbocycles. The van der Waals surface area contributed by atoms with E-state index in [0.29, 0.717) is 18.5 Å². The van der Waals surface area contributed by atoms with Crippen molar-refractivity contribution < 1.29 is 14.3 Å². The molecule has 0 fully saturated rings. The first-order valence-corrected chi connectivity index (χ1v) is 12.0. The average Bonchev–Trinajstić information content (AvgIpc) is 3.36. The number of amides is 1. The van der Waals surface area contributed by atoms with Crippen molar-refractivity contribution in [3.63, 3.8) is 0 Å². The van der Waals surface area contributed by atoms with Crippen molar-refractivity contribution in [3.05, 3.63) is 107 Å². The van der Waals surface area contributed by atoms with Crippen molar-refractivity contribution in [2.45, 2.75) is 32.0 Å². The van der Waals surface area contributed by atoms with Gasteiger partial charge in [-0.3, -0.25) is 9.48 Å². The molecule has 0 aliphatic heterocycles. The maximum atomic E-state index is 14.9. The molecular formula is C29H29FN4O2. The first-order valence-electron chi connectivity index (χ1n) is 12.0. The monoisotopic (exact) mass is 484 g/mol. The third-order valence-electron chi connectivity index (χ3n) is 6.75. The summed E-state index contributed by atoms with van der Waals surface area (Å²) >= 11 is 0. The SMILES string of the molecule is Cc1cc(N(C)Cc2ccc3c(c2)[C@@H](NC(=O)c2ccc(-c4ccccc4)cc2F)[C@H](O)C3)n(C)n1. The third-order valence-corrected chi connectivity index (χ3v) is 6.75. The number of aryl methyl sites for hydroxylation is 2. The molecule has 4 aromatic rings. The number of halogens is 1. The number of anilines is 1. The zero-order chi connectivity index (χ0) is 25.4. The van der Waals surface area contributed by atoms with Crippen LogP contribution in [0.3, 0.4) is 0 Å². The van der Waals surface area contributed by atoms with E-state index < -0.39 is 23.9 Å². The largest absolute Gasteiger partial charge is 0.390 e. The van der Waals surface area contributed by atoms with Crippen LogP contribution in [0.2, 0.25) is 0 Å². The second kappa shape index (κ2) is 9.59. The van der Waals surface area contributed by atoms with Crippen LogP contribution in [0, 0.1) is 12.7 Å². The number of aliphatic hydroxyl groups is 1. The minimum atomic E-state index is -0.775. The zero-order valence-electron chi connectivity index (χ0n) is 20.6. The summed E-state index contributed by atoms with van der Waals surface area (Å²) < 4.78 is 16.8. The maximum absolute atomic E-state index is 14.9. The van der Waals surface area contributed by atoms with E-state index in [1.807, 2.05) is 80.3 Å². The Bertz CT molecular complexity index is 1420. The van der Waals surface area contributed by atoms with E-state index in [4.69, 9.17) is 0 Å². The Morgan fingerprint density at radius 1 is 1.11 bits per heavy atom. The number of carbonyl (C=O) groups excluding carboxylic acids is 1. The van der Waals surface area contributed by atoms with E-state index in [2.05, 4.69) is 15.3 Å². The predicted molar refractivity (Wildman–Crippen MR) is 138 cm³/mol. The van der Waals surface area contributed by atoms with Gasteiger partial charge in [0, 0.05) is 33.1 Å². The highest BCUT2D eigenvalue weighted by Crippen LogP contribution is 2.33. The summed E-state index contributed by atoms with van der Waals surface area (Å²) in [6, 6.07) is 21.5. The smallest absolute Gasteiger partial charge is 0.254 e. The molecule has 0 spiro atoms. The Kier molecular flexibility index (Phi) is 6.33. The highest BCUT2D eigenvalue weighted by Gasteiger charge is 2.33. The van der Waals surface area contributed by atoms with Gasteiger partial charge in [-0.25, -0.2) is 4.39 Å². The molecule has 2 N–H and O–H groups in total. The van der Waals surface area contributed by atoms with Crippen LogP contribution in [0.5, 0.6) is 0 Å². The predicted octanol–water partition coefficient (Wildman–Crippen LogP) is 4.56. The van der Waals surface area contributed by atoms with Gasteiger partial charge in [-0.15, -0.1) is 0 Å².